The molecule has 0 saturated heterocycles. The molecule has 0 aliphatic rings. The Labute approximate surface area is 206 Å². The Bertz CT molecular complexity index is 1180. The van der Waals surface area contributed by atoms with Crippen molar-refractivity contribution in [2.75, 3.05) is 0 Å². The Hall–Kier alpha value is -4.44. The highest BCUT2D eigenvalue weighted by Crippen LogP contribution is 2.33. The SMILES string of the molecule is CC(C)(c1ccc(OC=Cc2ccc(O)cc2)cc1)c1ccc(OC=Cc2ccc(O)cc2)cc1. The van der Waals surface area contributed by atoms with Gasteiger partial charge < -0.3 is 19.7 Å². The molecule has 0 aromatic heterocycles. The average Bonchev–Trinajstić information content (AvgIpc) is 2.87. The lowest BCUT2D eigenvalue weighted by atomic mass is 9.78. The first-order valence-corrected chi connectivity index (χ1v) is 11.4. The van der Waals surface area contributed by atoms with Crippen LogP contribution in [0.4, 0.5) is 0 Å². The van der Waals surface area contributed by atoms with Gasteiger partial charge in [0.25, 0.3) is 0 Å². The van der Waals surface area contributed by atoms with E-state index < -0.39 is 0 Å². The first-order valence-electron chi connectivity index (χ1n) is 11.4. The van der Waals surface area contributed by atoms with Crippen molar-refractivity contribution in [3.63, 3.8) is 0 Å². The van der Waals surface area contributed by atoms with Crippen LogP contribution < -0.4 is 9.47 Å². The van der Waals surface area contributed by atoms with Gasteiger partial charge in [0.1, 0.15) is 23.0 Å². The Morgan fingerprint density at radius 2 is 0.857 bits per heavy atom. The summed E-state index contributed by atoms with van der Waals surface area (Å²) in [5, 5.41) is 18.7. The van der Waals surface area contributed by atoms with E-state index in [1.165, 1.54) is 11.1 Å². The summed E-state index contributed by atoms with van der Waals surface area (Å²) in [5.74, 6) is 1.99. The number of aromatic hydroxyl groups is 2. The summed E-state index contributed by atoms with van der Waals surface area (Å²) in [6, 6.07) is 30.0. The van der Waals surface area contributed by atoms with Crippen molar-refractivity contribution < 1.29 is 19.7 Å². The number of rotatable bonds is 8. The number of hydrogen-bond acceptors (Lipinski definition) is 4. The van der Waals surface area contributed by atoms with E-state index in [2.05, 4.69) is 38.1 Å². The first kappa shape index (κ1) is 23.7. The summed E-state index contributed by atoms with van der Waals surface area (Å²) in [6.45, 7) is 4.38. The topological polar surface area (TPSA) is 58.9 Å². The molecular formula is C31H28O4. The quantitative estimate of drug-likeness (QED) is 0.265. The third-order valence-corrected chi connectivity index (χ3v) is 5.87. The molecule has 4 heteroatoms. The van der Waals surface area contributed by atoms with Crippen molar-refractivity contribution in [3.8, 4) is 23.0 Å². The van der Waals surface area contributed by atoms with Crippen LogP contribution in [0.2, 0.25) is 0 Å². The van der Waals surface area contributed by atoms with Crippen LogP contribution in [0.5, 0.6) is 23.0 Å². The molecule has 0 radical (unpaired) electrons. The van der Waals surface area contributed by atoms with Crippen molar-refractivity contribution in [2.45, 2.75) is 19.3 Å². The average molecular weight is 465 g/mol. The van der Waals surface area contributed by atoms with E-state index in [0.717, 1.165) is 22.6 Å². The van der Waals surface area contributed by atoms with Gasteiger partial charge in [0.05, 0.1) is 12.5 Å². The molecule has 0 heterocycles. The van der Waals surface area contributed by atoms with Crippen molar-refractivity contribution >= 4 is 12.2 Å². The molecule has 4 rings (SSSR count). The second-order valence-electron chi connectivity index (χ2n) is 8.70. The predicted molar refractivity (Wildman–Crippen MR) is 141 cm³/mol. The van der Waals surface area contributed by atoms with E-state index in [1.807, 2.05) is 60.7 Å². The molecule has 4 nitrogen and oxygen atoms in total. The van der Waals surface area contributed by atoms with E-state index >= 15 is 0 Å². The van der Waals surface area contributed by atoms with Crippen LogP contribution in [0.25, 0.3) is 12.2 Å². The minimum Gasteiger partial charge on any atom is -0.508 e. The molecule has 2 N–H and O–H groups in total. The third-order valence-electron chi connectivity index (χ3n) is 5.87. The summed E-state index contributed by atoms with van der Waals surface area (Å²) in [5.41, 5.74) is 4.05. The molecule has 0 spiro atoms. The highest BCUT2D eigenvalue weighted by atomic mass is 16.5. The minimum atomic E-state index is -0.194. The Balaban J connectivity index is 1.36. The number of hydrogen-bond donors (Lipinski definition) is 2. The highest BCUT2D eigenvalue weighted by molar-refractivity contribution is 5.51. The largest absolute Gasteiger partial charge is 0.508 e. The molecule has 0 saturated carbocycles. The van der Waals surface area contributed by atoms with E-state index in [1.54, 1.807) is 36.8 Å². The molecular weight excluding hydrogens is 436 g/mol. The summed E-state index contributed by atoms with van der Waals surface area (Å²) in [6.07, 6.45) is 6.98. The molecule has 0 atom stereocenters. The zero-order chi connectivity index (χ0) is 24.7. The van der Waals surface area contributed by atoms with Gasteiger partial charge in [0.15, 0.2) is 0 Å². The van der Waals surface area contributed by atoms with Crippen molar-refractivity contribution in [1.29, 1.82) is 0 Å². The summed E-state index contributed by atoms with van der Waals surface area (Å²) >= 11 is 0. The molecule has 0 aliphatic heterocycles. The van der Waals surface area contributed by atoms with Crippen LogP contribution in [-0.2, 0) is 5.41 Å². The van der Waals surface area contributed by atoms with Gasteiger partial charge in [-0.15, -0.1) is 0 Å². The fraction of sp³-hybridized carbons (Fsp3) is 0.0968. The van der Waals surface area contributed by atoms with Gasteiger partial charge >= 0.3 is 0 Å². The number of ether oxygens (including phenoxy) is 2. The van der Waals surface area contributed by atoms with Gasteiger partial charge in [0.2, 0.25) is 0 Å². The van der Waals surface area contributed by atoms with E-state index in [-0.39, 0.29) is 16.9 Å². The second-order valence-corrected chi connectivity index (χ2v) is 8.70. The molecule has 0 amide bonds. The van der Waals surface area contributed by atoms with Gasteiger partial charge in [0, 0.05) is 5.41 Å². The van der Waals surface area contributed by atoms with Gasteiger partial charge in [-0.05, 0) is 82.9 Å². The van der Waals surface area contributed by atoms with Gasteiger partial charge in [-0.25, -0.2) is 0 Å². The zero-order valence-electron chi connectivity index (χ0n) is 19.8. The molecule has 176 valence electrons. The zero-order valence-corrected chi connectivity index (χ0v) is 19.8. The van der Waals surface area contributed by atoms with Gasteiger partial charge in [-0.3, -0.25) is 0 Å². The van der Waals surface area contributed by atoms with Crippen LogP contribution in [0.1, 0.15) is 36.1 Å². The molecule has 4 aromatic rings. The summed E-state index contributed by atoms with van der Waals surface area (Å²) < 4.78 is 11.5. The lowest BCUT2D eigenvalue weighted by Crippen LogP contribution is -2.18. The Kier molecular flexibility index (Phi) is 7.22. The fourth-order valence-electron chi connectivity index (χ4n) is 3.62. The lowest BCUT2D eigenvalue weighted by molar-refractivity contribution is 0.474. The Morgan fingerprint density at radius 3 is 1.20 bits per heavy atom. The normalized spacial score (nSPS) is 11.7. The standard InChI is InChI=1S/C31H28O4/c1-31(2,25-7-15-29(16-8-25)34-21-19-23-3-11-27(32)12-4-23)26-9-17-30(18-10-26)35-22-20-24-5-13-28(33)14-6-24/h3-22,32-33H,1-2H3. The maximum Gasteiger partial charge on any atom is 0.126 e. The van der Waals surface area contributed by atoms with Crippen LogP contribution in [0, 0.1) is 0 Å². The molecule has 35 heavy (non-hydrogen) atoms. The van der Waals surface area contributed by atoms with E-state index in [4.69, 9.17) is 9.47 Å². The van der Waals surface area contributed by atoms with Gasteiger partial charge in [-0.1, -0.05) is 62.4 Å². The third kappa shape index (κ3) is 6.33. The molecule has 0 bridgehead atoms. The van der Waals surface area contributed by atoms with Crippen LogP contribution in [-0.4, -0.2) is 10.2 Å². The number of phenols is 2. The maximum atomic E-state index is 9.36. The van der Waals surface area contributed by atoms with Crippen LogP contribution in [0.15, 0.2) is 110 Å². The Morgan fingerprint density at radius 1 is 0.514 bits per heavy atom. The summed E-state index contributed by atoms with van der Waals surface area (Å²) in [7, 11) is 0. The van der Waals surface area contributed by atoms with Crippen LogP contribution in [0.3, 0.4) is 0 Å². The second kappa shape index (κ2) is 10.7. The monoisotopic (exact) mass is 464 g/mol. The van der Waals surface area contributed by atoms with Gasteiger partial charge in [-0.2, -0.15) is 0 Å². The van der Waals surface area contributed by atoms with E-state index in [0.29, 0.717) is 0 Å². The lowest BCUT2D eigenvalue weighted by Gasteiger charge is -2.26. The number of phenolic OH excluding ortho intramolecular Hbond substituents is 2. The first-order chi connectivity index (χ1) is 16.9. The molecule has 0 fully saturated rings. The molecule has 4 aromatic carbocycles. The minimum absolute atomic E-state index is 0.194. The number of benzene rings is 4. The van der Waals surface area contributed by atoms with Crippen molar-refractivity contribution in [2.24, 2.45) is 0 Å². The smallest absolute Gasteiger partial charge is 0.126 e. The maximum absolute atomic E-state index is 9.36. The van der Waals surface area contributed by atoms with Crippen LogP contribution >= 0.6 is 0 Å². The fourth-order valence-corrected chi connectivity index (χ4v) is 3.62. The molecule has 0 aliphatic carbocycles. The molecule has 0 unspecified atom stereocenters. The summed E-state index contributed by atoms with van der Waals surface area (Å²) in [4.78, 5) is 0. The predicted octanol–water partition coefficient (Wildman–Crippen LogP) is 7.52. The van der Waals surface area contributed by atoms with Crippen molar-refractivity contribution in [1.82, 2.24) is 0 Å². The highest BCUT2D eigenvalue weighted by Gasteiger charge is 2.23. The van der Waals surface area contributed by atoms with Crippen molar-refractivity contribution in [3.05, 3.63) is 132 Å². The van der Waals surface area contributed by atoms with E-state index in [9.17, 15) is 10.2 Å².